The van der Waals surface area contributed by atoms with E-state index < -0.39 is 0 Å². The Kier molecular flexibility index (Phi) is 4.50. The van der Waals surface area contributed by atoms with Gasteiger partial charge in [-0.05, 0) is 17.9 Å². The lowest BCUT2D eigenvalue weighted by molar-refractivity contribution is -0.116. The van der Waals surface area contributed by atoms with Gasteiger partial charge in [-0.2, -0.15) is 0 Å². The summed E-state index contributed by atoms with van der Waals surface area (Å²) in [5, 5.41) is 3.98. The van der Waals surface area contributed by atoms with Gasteiger partial charge in [0, 0.05) is 11.8 Å². The topological polar surface area (TPSA) is 42.9 Å². The molecule has 0 aliphatic heterocycles. The third kappa shape index (κ3) is 3.26. The lowest BCUT2D eigenvalue weighted by Gasteiger charge is -2.01. The highest BCUT2D eigenvalue weighted by Gasteiger charge is 2.08. The Morgan fingerprint density at radius 2 is 2.35 bits per heavy atom. The van der Waals surface area contributed by atoms with E-state index in [4.69, 9.17) is 0 Å². The van der Waals surface area contributed by atoms with E-state index in [2.05, 4.69) is 16.9 Å². The van der Waals surface area contributed by atoms with Crippen molar-refractivity contribution in [1.29, 1.82) is 0 Å². The van der Waals surface area contributed by atoms with E-state index in [1.807, 2.05) is 11.4 Å². The van der Waals surface area contributed by atoms with Crippen LogP contribution in [0, 0.1) is 0 Å². The molecule has 17 heavy (non-hydrogen) atoms. The van der Waals surface area contributed by atoms with Gasteiger partial charge < -0.3 is 0 Å². The molecule has 0 bridgehead atoms. The number of Topliss-reactive ketones (excluding diaryl/α,β-unsaturated/α-hetero) is 1. The molecule has 0 aromatic carbocycles. The van der Waals surface area contributed by atoms with Crippen LogP contribution >= 0.6 is 23.1 Å². The molecule has 0 aliphatic rings. The molecule has 0 unspecified atom stereocenters. The third-order valence-electron chi connectivity index (χ3n) is 2.40. The molecule has 0 fully saturated rings. The molecule has 90 valence electrons. The minimum atomic E-state index is 0.304. The molecule has 0 radical (unpaired) electrons. The van der Waals surface area contributed by atoms with Crippen LogP contribution in [0.3, 0.4) is 0 Å². The molecule has 0 saturated heterocycles. The van der Waals surface area contributed by atoms with Crippen molar-refractivity contribution in [3.63, 3.8) is 0 Å². The van der Waals surface area contributed by atoms with Crippen LogP contribution in [0.5, 0.6) is 0 Å². The Hall–Kier alpha value is -0.940. The number of hydrogen-bond acceptors (Lipinski definition) is 5. The SMILES string of the molecule is CCCCC(=O)CSc1ncnc2sccc12. The number of rotatable bonds is 6. The van der Waals surface area contributed by atoms with E-state index in [0.717, 1.165) is 28.1 Å². The van der Waals surface area contributed by atoms with Crippen molar-refractivity contribution >= 4 is 39.1 Å². The molecule has 2 aromatic heterocycles. The van der Waals surface area contributed by atoms with Gasteiger partial charge in [-0.1, -0.05) is 25.1 Å². The maximum atomic E-state index is 11.6. The number of thioether (sulfide) groups is 1. The monoisotopic (exact) mass is 266 g/mol. The fraction of sp³-hybridized carbons (Fsp3) is 0.417. The second-order valence-electron chi connectivity index (χ2n) is 3.75. The summed E-state index contributed by atoms with van der Waals surface area (Å²) in [7, 11) is 0. The summed E-state index contributed by atoms with van der Waals surface area (Å²) in [4.78, 5) is 21.0. The molecule has 5 heteroatoms. The van der Waals surface area contributed by atoms with Crippen LogP contribution in [-0.4, -0.2) is 21.5 Å². The van der Waals surface area contributed by atoms with E-state index in [9.17, 15) is 4.79 Å². The molecule has 2 heterocycles. The van der Waals surface area contributed by atoms with Crippen LogP contribution in [-0.2, 0) is 4.79 Å². The zero-order chi connectivity index (χ0) is 12.1. The number of nitrogens with zero attached hydrogens (tertiary/aromatic N) is 2. The largest absolute Gasteiger partial charge is 0.299 e. The summed E-state index contributed by atoms with van der Waals surface area (Å²) in [5.41, 5.74) is 0. The highest BCUT2D eigenvalue weighted by Crippen LogP contribution is 2.27. The fourth-order valence-electron chi connectivity index (χ4n) is 1.48. The van der Waals surface area contributed by atoms with Gasteiger partial charge in [0.05, 0.1) is 5.75 Å². The molecular weight excluding hydrogens is 252 g/mol. The molecule has 0 amide bonds. The van der Waals surface area contributed by atoms with Crippen molar-refractivity contribution in [1.82, 2.24) is 9.97 Å². The van der Waals surface area contributed by atoms with E-state index in [0.29, 0.717) is 18.0 Å². The van der Waals surface area contributed by atoms with Gasteiger partial charge in [-0.3, -0.25) is 4.79 Å². The van der Waals surface area contributed by atoms with E-state index >= 15 is 0 Å². The molecule has 0 atom stereocenters. The lowest BCUT2D eigenvalue weighted by Crippen LogP contribution is -2.01. The van der Waals surface area contributed by atoms with Gasteiger partial charge in [-0.15, -0.1) is 11.3 Å². The highest BCUT2D eigenvalue weighted by molar-refractivity contribution is 8.00. The van der Waals surface area contributed by atoms with Crippen LogP contribution < -0.4 is 0 Å². The molecule has 0 aliphatic carbocycles. The minimum absolute atomic E-state index is 0.304. The van der Waals surface area contributed by atoms with Crippen LogP contribution in [0.25, 0.3) is 10.2 Å². The van der Waals surface area contributed by atoms with Crippen molar-refractivity contribution in [2.24, 2.45) is 0 Å². The Morgan fingerprint density at radius 3 is 3.18 bits per heavy atom. The van der Waals surface area contributed by atoms with E-state index in [-0.39, 0.29) is 0 Å². The predicted molar refractivity (Wildman–Crippen MR) is 72.7 cm³/mol. The summed E-state index contributed by atoms with van der Waals surface area (Å²) >= 11 is 3.12. The molecular formula is C12H14N2OS2. The average molecular weight is 266 g/mol. The van der Waals surface area contributed by atoms with Crippen LogP contribution in [0.15, 0.2) is 22.8 Å². The Labute approximate surface area is 109 Å². The van der Waals surface area contributed by atoms with Gasteiger partial charge in [0.1, 0.15) is 22.0 Å². The van der Waals surface area contributed by atoms with Crippen molar-refractivity contribution < 1.29 is 4.79 Å². The van der Waals surface area contributed by atoms with Crippen molar-refractivity contribution in [2.45, 2.75) is 31.2 Å². The van der Waals surface area contributed by atoms with E-state index in [1.165, 1.54) is 11.8 Å². The van der Waals surface area contributed by atoms with Gasteiger partial charge in [0.25, 0.3) is 0 Å². The number of carbonyl (C=O) groups excluding carboxylic acids is 1. The number of carbonyl (C=O) groups is 1. The second kappa shape index (κ2) is 6.12. The maximum Gasteiger partial charge on any atom is 0.143 e. The Morgan fingerprint density at radius 1 is 1.47 bits per heavy atom. The number of ketones is 1. The molecule has 2 aromatic rings. The first kappa shape index (κ1) is 12.5. The Balaban J connectivity index is 1.99. The molecule has 0 N–H and O–H groups in total. The van der Waals surface area contributed by atoms with Gasteiger partial charge in [0.2, 0.25) is 0 Å². The number of aromatic nitrogens is 2. The predicted octanol–water partition coefficient (Wildman–Crippen LogP) is 3.54. The first-order chi connectivity index (χ1) is 8.31. The van der Waals surface area contributed by atoms with Crippen LogP contribution in [0.2, 0.25) is 0 Å². The molecule has 3 nitrogen and oxygen atoms in total. The van der Waals surface area contributed by atoms with Crippen molar-refractivity contribution in [3.8, 4) is 0 Å². The second-order valence-corrected chi connectivity index (χ2v) is 5.61. The minimum Gasteiger partial charge on any atom is -0.299 e. The maximum absolute atomic E-state index is 11.6. The van der Waals surface area contributed by atoms with Gasteiger partial charge in [-0.25, -0.2) is 9.97 Å². The zero-order valence-electron chi connectivity index (χ0n) is 9.68. The van der Waals surface area contributed by atoms with Crippen molar-refractivity contribution in [2.75, 3.05) is 5.75 Å². The first-order valence-electron chi connectivity index (χ1n) is 5.64. The summed E-state index contributed by atoms with van der Waals surface area (Å²) in [6, 6.07) is 2.01. The van der Waals surface area contributed by atoms with Crippen LogP contribution in [0.4, 0.5) is 0 Å². The molecule has 2 rings (SSSR count). The lowest BCUT2D eigenvalue weighted by atomic mass is 10.2. The molecule has 0 spiro atoms. The van der Waals surface area contributed by atoms with Gasteiger partial charge >= 0.3 is 0 Å². The number of unbranched alkanes of at least 4 members (excludes halogenated alkanes) is 1. The zero-order valence-corrected chi connectivity index (χ0v) is 11.3. The summed E-state index contributed by atoms with van der Waals surface area (Å²) < 4.78 is 0. The smallest absolute Gasteiger partial charge is 0.143 e. The highest BCUT2D eigenvalue weighted by atomic mass is 32.2. The Bertz CT molecular complexity index is 510. The van der Waals surface area contributed by atoms with Crippen molar-refractivity contribution in [3.05, 3.63) is 17.8 Å². The fourth-order valence-corrected chi connectivity index (χ4v) is 3.16. The quantitative estimate of drug-likeness (QED) is 0.592. The number of hydrogen-bond donors (Lipinski definition) is 0. The van der Waals surface area contributed by atoms with E-state index in [1.54, 1.807) is 17.7 Å². The average Bonchev–Trinajstić information content (AvgIpc) is 2.82. The first-order valence-corrected chi connectivity index (χ1v) is 7.50. The third-order valence-corrected chi connectivity index (χ3v) is 4.29. The summed E-state index contributed by atoms with van der Waals surface area (Å²) in [6.45, 7) is 2.10. The van der Waals surface area contributed by atoms with Crippen LogP contribution in [0.1, 0.15) is 26.2 Å². The molecule has 0 saturated carbocycles. The standard InChI is InChI=1S/C12H14N2OS2/c1-2-3-4-9(15)7-17-12-10-5-6-16-11(10)13-8-14-12/h5-6,8H,2-4,7H2,1H3. The summed E-state index contributed by atoms with van der Waals surface area (Å²) in [6.07, 6.45) is 4.30. The normalized spacial score (nSPS) is 10.9. The number of thiophene rings is 1. The number of fused-ring (bicyclic) bond motifs is 1. The van der Waals surface area contributed by atoms with Gasteiger partial charge in [0.15, 0.2) is 0 Å². The summed E-state index contributed by atoms with van der Waals surface area (Å²) in [5.74, 6) is 0.820.